The van der Waals surface area contributed by atoms with Crippen LogP contribution in [0, 0.1) is 6.92 Å². The van der Waals surface area contributed by atoms with E-state index in [1.807, 2.05) is 61.8 Å². The first kappa shape index (κ1) is 15.9. The average molecular weight is 320 g/mol. The third-order valence-electron chi connectivity index (χ3n) is 3.87. The highest BCUT2D eigenvalue weighted by molar-refractivity contribution is 5.80. The summed E-state index contributed by atoms with van der Waals surface area (Å²) in [6.07, 6.45) is 1.87. The van der Waals surface area contributed by atoms with Crippen LogP contribution in [0.4, 0.5) is 5.69 Å². The lowest BCUT2D eigenvalue weighted by atomic mass is 10.3. The molecule has 0 radical (unpaired) electrons. The van der Waals surface area contributed by atoms with E-state index in [0.717, 1.165) is 28.6 Å². The fourth-order valence-electron chi connectivity index (χ4n) is 2.30. The Morgan fingerprint density at radius 3 is 2.33 bits per heavy atom. The maximum atomic E-state index is 5.83. The lowest BCUT2D eigenvalue weighted by molar-refractivity contribution is 0.409. The van der Waals surface area contributed by atoms with E-state index in [-0.39, 0.29) is 0 Å². The minimum atomic E-state index is 0.741. The van der Waals surface area contributed by atoms with Gasteiger partial charge in [0.25, 0.3) is 0 Å². The largest absolute Gasteiger partial charge is 0.497 e. The Balaban J connectivity index is 1.70. The zero-order valence-electron chi connectivity index (χ0n) is 14.1. The molecule has 3 rings (SSSR count). The van der Waals surface area contributed by atoms with Crippen LogP contribution in [-0.2, 0) is 7.05 Å². The molecule has 0 unspecified atom stereocenters. The van der Waals surface area contributed by atoms with Crippen molar-refractivity contribution < 1.29 is 9.47 Å². The van der Waals surface area contributed by atoms with Gasteiger partial charge in [-0.3, -0.25) is 4.99 Å². The second kappa shape index (κ2) is 7.04. The van der Waals surface area contributed by atoms with E-state index >= 15 is 0 Å². The molecule has 2 aromatic carbocycles. The second-order valence-corrected chi connectivity index (χ2v) is 5.49. The Kier molecular flexibility index (Phi) is 4.66. The highest BCUT2D eigenvalue weighted by Gasteiger charge is 2.00. The predicted octanol–water partition coefficient (Wildman–Crippen LogP) is 4.89. The Morgan fingerprint density at radius 2 is 1.67 bits per heavy atom. The third-order valence-corrected chi connectivity index (χ3v) is 3.87. The Morgan fingerprint density at radius 1 is 0.917 bits per heavy atom. The molecule has 0 saturated carbocycles. The van der Waals surface area contributed by atoms with E-state index in [0.29, 0.717) is 0 Å². The average Bonchev–Trinajstić information content (AvgIpc) is 2.93. The highest BCUT2D eigenvalue weighted by atomic mass is 16.5. The van der Waals surface area contributed by atoms with Crippen molar-refractivity contribution in [1.29, 1.82) is 0 Å². The molecule has 24 heavy (non-hydrogen) atoms. The number of benzene rings is 2. The summed E-state index contributed by atoms with van der Waals surface area (Å²) in [6, 6.07) is 19.3. The molecule has 122 valence electrons. The van der Waals surface area contributed by atoms with Crippen molar-refractivity contribution in [2.24, 2.45) is 12.0 Å². The first-order valence-electron chi connectivity index (χ1n) is 7.74. The quantitative estimate of drug-likeness (QED) is 0.628. The van der Waals surface area contributed by atoms with Crippen molar-refractivity contribution in [3.8, 4) is 17.2 Å². The van der Waals surface area contributed by atoms with Crippen LogP contribution in [0.1, 0.15) is 11.4 Å². The fraction of sp³-hybridized carbons (Fsp3) is 0.150. The van der Waals surface area contributed by atoms with Gasteiger partial charge in [0.1, 0.15) is 17.2 Å². The number of ether oxygens (including phenoxy) is 2. The number of nitrogens with zero attached hydrogens (tertiary/aromatic N) is 2. The van der Waals surface area contributed by atoms with Crippen molar-refractivity contribution >= 4 is 11.9 Å². The van der Waals surface area contributed by atoms with Gasteiger partial charge in [-0.05, 0) is 55.5 Å². The number of aromatic nitrogens is 1. The van der Waals surface area contributed by atoms with Crippen LogP contribution in [0.5, 0.6) is 17.2 Å². The Bertz CT molecular complexity index is 848. The number of hydrogen-bond acceptors (Lipinski definition) is 3. The van der Waals surface area contributed by atoms with Gasteiger partial charge < -0.3 is 14.0 Å². The van der Waals surface area contributed by atoms with E-state index in [2.05, 4.69) is 28.6 Å². The number of hydrogen-bond donors (Lipinski definition) is 0. The van der Waals surface area contributed by atoms with Crippen LogP contribution in [-0.4, -0.2) is 17.9 Å². The van der Waals surface area contributed by atoms with Gasteiger partial charge in [0.05, 0.1) is 24.7 Å². The summed E-state index contributed by atoms with van der Waals surface area (Å²) in [7, 11) is 3.67. The molecule has 0 spiro atoms. The maximum absolute atomic E-state index is 5.83. The second-order valence-electron chi connectivity index (χ2n) is 5.49. The van der Waals surface area contributed by atoms with Gasteiger partial charge in [0, 0.05) is 18.8 Å². The number of methoxy groups -OCH3 is 1. The van der Waals surface area contributed by atoms with Gasteiger partial charge in [-0.15, -0.1) is 0 Å². The minimum absolute atomic E-state index is 0.741. The van der Waals surface area contributed by atoms with Crippen LogP contribution < -0.4 is 9.47 Å². The molecule has 0 saturated heterocycles. The molecule has 4 nitrogen and oxygen atoms in total. The van der Waals surface area contributed by atoms with Crippen LogP contribution in [0.15, 0.2) is 65.7 Å². The molecular weight excluding hydrogens is 300 g/mol. The fourth-order valence-corrected chi connectivity index (χ4v) is 2.30. The Hall–Kier alpha value is -3.01. The summed E-state index contributed by atoms with van der Waals surface area (Å²) in [5.74, 6) is 2.27. The number of aryl methyl sites for hydroxylation is 1. The van der Waals surface area contributed by atoms with Gasteiger partial charge >= 0.3 is 0 Å². The van der Waals surface area contributed by atoms with Crippen molar-refractivity contribution in [3.05, 3.63) is 72.1 Å². The maximum Gasteiger partial charge on any atom is 0.131 e. The molecule has 0 aliphatic carbocycles. The molecule has 0 N–H and O–H groups in total. The lowest BCUT2D eigenvalue weighted by Crippen LogP contribution is -1.96. The zero-order valence-corrected chi connectivity index (χ0v) is 14.1. The molecule has 0 amide bonds. The Labute approximate surface area is 142 Å². The van der Waals surface area contributed by atoms with Crippen molar-refractivity contribution in [2.45, 2.75) is 6.92 Å². The molecule has 3 aromatic rings. The predicted molar refractivity (Wildman–Crippen MR) is 96.9 cm³/mol. The van der Waals surface area contributed by atoms with Crippen LogP contribution in [0.3, 0.4) is 0 Å². The lowest BCUT2D eigenvalue weighted by Gasteiger charge is -2.07. The smallest absolute Gasteiger partial charge is 0.131 e. The molecule has 0 aliphatic rings. The highest BCUT2D eigenvalue weighted by Crippen LogP contribution is 2.26. The van der Waals surface area contributed by atoms with E-state index in [1.54, 1.807) is 7.11 Å². The molecule has 4 heteroatoms. The molecule has 0 aliphatic heterocycles. The summed E-state index contributed by atoms with van der Waals surface area (Å²) in [5.41, 5.74) is 3.16. The zero-order chi connectivity index (χ0) is 16.9. The topological polar surface area (TPSA) is 35.8 Å². The van der Waals surface area contributed by atoms with Gasteiger partial charge in [-0.2, -0.15) is 0 Å². The van der Waals surface area contributed by atoms with Gasteiger partial charge in [-0.1, -0.05) is 6.07 Å². The van der Waals surface area contributed by atoms with Crippen molar-refractivity contribution in [1.82, 2.24) is 4.57 Å². The first-order valence-corrected chi connectivity index (χ1v) is 7.74. The summed E-state index contributed by atoms with van der Waals surface area (Å²) in [6.45, 7) is 2.07. The molecule has 0 fully saturated rings. The van der Waals surface area contributed by atoms with Gasteiger partial charge in [0.2, 0.25) is 0 Å². The SMILES string of the molecule is COc1cccc(Oc2ccc(N=Cc3ccc(C)n3C)cc2)c1. The monoisotopic (exact) mass is 320 g/mol. The van der Waals surface area contributed by atoms with Gasteiger partial charge in [-0.25, -0.2) is 0 Å². The minimum Gasteiger partial charge on any atom is -0.497 e. The van der Waals surface area contributed by atoms with E-state index in [1.165, 1.54) is 5.69 Å². The molecule has 1 heterocycles. The van der Waals surface area contributed by atoms with Crippen molar-refractivity contribution in [2.75, 3.05) is 7.11 Å². The normalized spacial score (nSPS) is 11.0. The van der Waals surface area contributed by atoms with Gasteiger partial charge in [0.15, 0.2) is 0 Å². The van der Waals surface area contributed by atoms with Crippen molar-refractivity contribution in [3.63, 3.8) is 0 Å². The van der Waals surface area contributed by atoms with Crippen LogP contribution in [0.2, 0.25) is 0 Å². The summed E-state index contributed by atoms with van der Waals surface area (Å²) >= 11 is 0. The molecule has 0 bridgehead atoms. The van der Waals surface area contributed by atoms with E-state index < -0.39 is 0 Å². The molecule has 1 aromatic heterocycles. The third kappa shape index (κ3) is 3.66. The first-order chi connectivity index (χ1) is 11.7. The summed E-state index contributed by atoms with van der Waals surface area (Å²) in [4.78, 5) is 4.50. The number of aliphatic imine (C=N–C) groups is 1. The summed E-state index contributed by atoms with van der Waals surface area (Å²) in [5, 5.41) is 0. The van der Waals surface area contributed by atoms with Crippen LogP contribution in [0.25, 0.3) is 0 Å². The molecule has 0 atom stereocenters. The number of rotatable bonds is 5. The molecular formula is C20H20N2O2. The van der Waals surface area contributed by atoms with Crippen LogP contribution >= 0.6 is 0 Å². The van der Waals surface area contributed by atoms with E-state index in [4.69, 9.17) is 9.47 Å². The van der Waals surface area contributed by atoms with E-state index in [9.17, 15) is 0 Å². The summed E-state index contributed by atoms with van der Waals surface area (Å²) < 4.78 is 13.1. The standard InChI is InChI=1S/C20H20N2O2/c1-15-7-10-17(22(15)2)14-21-16-8-11-18(12-9-16)24-20-6-4-5-19(13-20)23-3/h4-14H,1-3H3.